The number of ether oxygens (including phenoxy) is 2. The van der Waals surface area contributed by atoms with E-state index in [9.17, 15) is 10.1 Å². The molecule has 20 heavy (non-hydrogen) atoms. The van der Waals surface area contributed by atoms with Gasteiger partial charge in [-0.3, -0.25) is 10.1 Å². The van der Waals surface area contributed by atoms with Crippen LogP contribution >= 0.6 is 0 Å². The molecule has 0 bridgehead atoms. The zero-order chi connectivity index (χ0) is 14.1. The van der Waals surface area contributed by atoms with Gasteiger partial charge >= 0.3 is 5.69 Å². The lowest BCUT2D eigenvalue weighted by atomic mass is 10.1. The van der Waals surface area contributed by atoms with Gasteiger partial charge in [-0.25, -0.2) is 0 Å². The molecule has 7 nitrogen and oxygen atoms in total. The van der Waals surface area contributed by atoms with Crippen LogP contribution in [-0.4, -0.2) is 16.9 Å². The van der Waals surface area contributed by atoms with Gasteiger partial charge in [0.25, 0.3) is 0 Å². The number of hydrogen-bond donors (Lipinski definition) is 0. The third kappa shape index (κ3) is 2.09. The maximum absolute atomic E-state index is 10.9. The second kappa shape index (κ2) is 4.69. The van der Waals surface area contributed by atoms with Crippen LogP contribution in [0, 0.1) is 17.0 Å². The molecule has 0 saturated carbocycles. The van der Waals surface area contributed by atoms with Crippen molar-refractivity contribution in [2.75, 3.05) is 6.79 Å². The highest BCUT2D eigenvalue weighted by molar-refractivity contribution is 5.72. The summed E-state index contributed by atoms with van der Waals surface area (Å²) in [5.74, 6) is 1.45. The lowest BCUT2D eigenvalue weighted by Gasteiger charge is -1.96. The number of aryl methyl sites for hydroxylation is 1. The summed E-state index contributed by atoms with van der Waals surface area (Å²) in [6, 6.07) is 5.38. The maximum atomic E-state index is 10.9. The fourth-order valence-corrected chi connectivity index (χ4v) is 1.90. The lowest BCUT2D eigenvalue weighted by molar-refractivity contribution is -0.386. The van der Waals surface area contributed by atoms with Crippen LogP contribution in [0.2, 0.25) is 0 Å². The summed E-state index contributed by atoms with van der Waals surface area (Å²) in [5.41, 5.74) is 0.944. The fraction of sp³-hybridized carbons (Fsp3) is 0.154. The molecule has 0 amide bonds. The van der Waals surface area contributed by atoms with Crippen molar-refractivity contribution < 1.29 is 18.9 Å². The molecule has 0 unspecified atom stereocenters. The second-order valence-electron chi connectivity index (χ2n) is 4.18. The average molecular weight is 274 g/mol. The topological polar surface area (TPSA) is 87.6 Å². The van der Waals surface area contributed by atoms with Gasteiger partial charge in [-0.2, -0.15) is 0 Å². The molecule has 0 spiro atoms. The van der Waals surface area contributed by atoms with Crippen LogP contribution in [0.15, 0.2) is 22.7 Å². The van der Waals surface area contributed by atoms with E-state index in [0.717, 1.165) is 5.56 Å². The Bertz CT molecular complexity index is 705. The minimum Gasteiger partial charge on any atom is -0.454 e. The molecule has 1 aromatic heterocycles. The second-order valence-corrected chi connectivity index (χ2v) is 4.18. The number of rotatable bonds is 3. The highest BCUT2D eigenvalue weighted by Crippen LogP contribution is 2.33. The van der Waals surface area contributed by atoms with Gasteiger partial charge in [0.1, 0.15) is 0 Å². The van der Waals surface area contributed by atoms with E-state index in [1.807, 2.05) is 6.07 Å². The van der Waals surface area contributed by atoms with Gasteiger partial charge in [-0.15, -0.1) is 0 Å². The molecule has 0 fully saturated rings. The summed E-state index contributed by atoms with van der Waals surface area (Å²) >= 11 is 0. The normalized spacial score (nSPS) is 13.1. The van der Waals surface area contributed by atoms with Crippen LogP contribution in [0.3, 0.4) is 0 Å². The van der Waals surface area contributed by atoms with Crippen LogP contribution in [0.1, 0.15) is 17.0 Å². The molecular weight excluding hydrogens is 264 g/mol. The highest BCUT2D eigenvalue weighted by atomic mass is 16.7. The summed E-state index contributed by atoms with van der Waals surface area (Å²) in [5, 5.41) is 14.5. The fourth-order valence-electron chi connectivity index (χ4n) is 1.90. The molecule has 7 heteroatoms. The van der Waals surface area contributed by atoms with E-state index in [1.165, 1.54) is 13.0 Å². The third-order valence-corrected chi connectivity index (χ3v) is 2.86. The Labute approximate surface area is 113 Å². The van der Waals surface area contributed by atoms with Gasteiger partial charge in [0, 0.05) is 0 Å². The number of fused-ring (bicyclic) bond motifs is 1. The molecule has 1 aliphatic heterocycles. The zero-order valence-corrected chi connectivity index (χ0v) is 10.5. The number of nitro groups is 1. The zero-order valence-electron chi connectivity index (χ0n) is 10.5. The minimum absolute atomic E-state index is 0.116. The van der Waals surface area contributed by atoms with E-state index >= 15 is 0 Å². The van der Waals surface area contributed by atoms with Crippen molar-refractivity contribution in [2.45, 2.75) is 6.92 Å². The Balaban J connectivity index is 1.89. The van der Waals surface area contributed by atoms with Gasteiger partial charge in [-0.1, -0.05) is 17.3 Å². The van der Waals surface area contributed by atoms with Crippen LogP contribution in [0.25, 0.3) is 12.2 Å². The first-order valence-electron chi connectivity index (χ1n) is 5.83. The highest BCUT2D eigenvalue weighted by Gasteiger charge is 2.22. The Kier molecular flexibility index (Phi) is 2.86. The maximum Gasteiger partial charge on any atom is 0.338 e. The molecule has 1 aliphatic rings. The van der Waals surface area contributed by atoms with E-state index in [4.69, 9.17) is 14.0 Å². The Morgan fingerprint density at radius 3 is 2.90 bits per heavy atom. The monoisotopic (exact) mass is 274 g/mol. The minimum atomic E-state index is -0.509. The first-order chi connectivity index (χ1) is 9.65. The number of hydrogen-bond acceptors (Lipinski definition) is 6. The van der Waals surface area contributed by atoms with Crippen molar-refractivity contribution in [3.8, 4) is 11.5 Å². The van der Waals surface area contributed by atoms with Gasteiger partial charge in [-0.05, 0) is 30.7 Å². The van der Waals surface area contributed by atoms with Crippen molar-refractivity contribution in [2.24, 2.45) is 0 Å². The first kappa shape index (κ1) is 12.2. The van der Waals surface area contributed by atoms with Crippen molar-refractivity contribution in [1.29, 1.82) is 0 Å². The predicted octanol–water partition coefficient (Wildman–Crippen LogP) is 2.79. The molecule has 0 aliphatic carbocycles. The molecule has 0 N–H and O–H groups in total. The Morgan fingerprint density at radius 1 is 1.30 bits per heavy atom. The summed E-state index contributed by atoms with van der Waals surface area (Å²) in [4.78, 5) is 10.4. The molecule has 3 rings (SSSR count). The SMILES string of the molecule is Cc1noc(C=Cc2ccc3c(c2)OCO3)c1[N+](=O)[O-]. The third-order valence-electron chi connectivity index (χ3n) is 2.86. The Morgan fingerprint density at radius 2 is 2.10 bits per heavy atom. The van der Waals surface area contributed by atoms with E-state index in [0.29, 0.717) is 11.5 Å². The molecule has 102 valence electrons. The molecule has 1 aromatic carbocycles. The van der Waals surface area contributed by atoms with Gasteiger partial charge in [0.2, 0.25) is 12.6 Å². The standard InChI is InChI=1S/C13H10N2O5/c1-8-13(15(16)17)11(20-14-8)5-3-9-2-4-10-12(6-9)19-7-18-10/h2-6H,7H2,1H3. The van der Waals surface area contributed by atoms with Gasteiger partial charge < -0.3 is 14.0 Å². The summed E-state index contributed by atoms with van der Waals surface area (Å²) in [7, 11) is 0. The van der Waals surface area contributed by atoms with Crippen molar-refractivity contribution in [3.05, 3.63) is 45.3 Å². The predicted molar refractivity (Wildman–Crippen MR) is 69.4 cm³/mol. The van der Waals surface area contributed by atoms with Gasteiger partial charge in [0.05, 0.1) is 4.92 Å². The number of aromatic nitrogens is 1. The summed E-state index contributed by atoms with van der Waals surface area (Å²) in [6.07, 6.45) is 3.20. The van der Waals surface area contributed by atoms with Crippen molar-refractivity contribution >= 4 is 17.8 Å². The van der Waals surface area contributed by atoms with Crippen LogP contribution in [0.5, 0.6) is 11.5 Å². The first-order valence-corrected chi connectivity index (χ1v) is 5.83. The average Bonchev–Trinajstić information content (AvgIpc) is 3.01. The molecule has 2 heterocycles. The lowest BCUT2D eigenvalue weighted by Crippen LogP contribution is -1.92. The largest absolute Gasteiger partial charge is 0.454 e. The smallest absolute Gasteiger partial charge is 0.338 e. The van der Waals surface area contributed by atoms with Crippen LogP contribution in [0.4, 0.5) is 5.69 Å². The number of nitrogens with zero attached hydrogens (tertiary/aromatic N) is 2. The molecular formula is C13H10N2O5. The van der Waals surface area contributed by atoms with E-state index in [2.05, 4.69) is 5.16 Å². The van der Waals surface area contributed by atoms with Gasteiger partial charge in [0.15, 0.2) is 17.2 Å². The van der Waals surface area contributed by atoms with E-state index in [-0.39, 0.29) is 23.9 Å². The molecule has 0 radical (unpaired) electrons. The Hall–Kier alpha value is -2.83. The van der Waals surface area contributed by atoms with E-state index in [1.54, 1.807) is 18.2 Å². The number of benzene rings is 1. The van der Waals surface area contributed by atoms with Crippen molar-refractivity contribution in [1.82, 2.24) is 5.16 Å². The van der Waals surface area contributed by atoms with Crippen LogP contribution in [-0.2, 0) is 0 Å². The van der Waals surface area contributed by atoms with Crippen LogP contribution < -0.4 is 9.47 Å². The molecule has 0 atom stereocenters. The van der Waals surface area contributed by atoms with E-state index < -0.39 is 4.92 Å². The van der Waals surface area contributed by atoms with Crippen molar-refractivity contribution in [3.63, 3.8) is 0 Å². The molecule has 2 aromatic rings. The summed E-state index contributed by atoms with van der Waals surface area (Å²) < 4.78 is 15.4. The summed E-state index contributed by atoms with van der Waals surface area (Å²) in [6.45, 7) is 1.73. The molecule has 0 saturated heterocycles. The quantitative estimate of drug-likeness (QED) is 0.631.